The van der Waals surface area contributed by atoms with Crippen LogP contribution in [0.25, 0.3) is 11.1 Å². The first kappa shape index (κ1) is 12.4. The molecule has 0 spiro atoms. The number of benzene rings is 2. The number of aryl methyl sites for hydroxylation is 1. The maximum Gasteiger partial charge on any atom is 0.335 e. The summed E-state index contributed by atoms with van der Waals surface area (Å²) in [6.07, 6.45) is 1.01. The fourth-order valence-corrected chi connectivity index (χ4v) is 2.10. The average Bonchev–Trinajstić information content (AvgIpc) is 2.39. The van der Waals surface area contributed by atoms with E-state index in [4.69, 9.17) is 5.11 Å². The molecule has 0 fully saturated rings. The number of aromatic carboxylic acids is 1. The van der Waals surface area contributed by atoms with Gasteiger partial charge in [0.15, 0.2) is 0 Å². The maximum absolute atomic E-state index is 11.1. The highest BCUT2D eigenvalue weighted by atomic mass is 16.4. The molecule has 2 aromatic carbocycles. The highest BCUT2D eigenvalue weighted by Gasteiger charge is 2.10. The van der Waals surface area contributed by atoms with Crippen LogP contribution < -0.4 is 0 Å². The summed E-state index contributed by atoms with van der Waals surface area (Å²) >= 11 is 0. The first-order chi connectivity index (χ1) is 8.63. The minimum atomic E-state index is -0.875. The van der Waals surface area contributed by atoms with Gasteiger partial charge < -0.3 is 5.11 Å². The molecule has 0 unspecified atom stereocenters. The molecule has 1 N–H and O–H groups in total. The lowest BCUT2D eigenvalue weighted by Crippen LogP contribution is -2.00. The molecule has 2 nitrogen and oxygen atoms in total. The van der Waals surface area contributed by atoms with Gasteiger partial charge in [0.2, 0.25) is 0 Å². The Bertz CT molecular complexity index is 568. The van der Waals surface area contributed by atoms with Gasteiger partial charge >= 0.3 is 5.97 Å². The third-order valence-corrected chi connectivity index (χ3v) is 3.24. The number of hydrogen-bond donors (Lipinski definition) is 1. The van der Waals surface area contributed by atoms with E-state index in [0.29, 0.717) is 5.56 Å². The van der Waals surface area contributed by atoms with Crippen LogP contribution in [0.2, 0.25) is 0 Å². The Morgan fingerprint density at radius 1 is 1.11 bits per heavy atom. The van der Waals surface area contributed by atoms with Gasteiger partial charge in [-0.1, -0.05) is 43.3 Å². The Morgan fingerprint density at radius 3 is 2.33 bits per heavy atom. The predicted molar refractivity (Wildman–Crippen MR) is 73.0 cm³/mol. The van der Waals surface area contributed by atoms with Gasteiger partial charge in [0.1, 0.15) is 0 Å². The molecule has 2 aromatic rings. The summed E-state index contributed by atoms with van der Waals surface area (Å²) in [5.41, 5.74) is 4.51. The molecule has 0 aliphatic rings. The topological polar surface area (TPSA) is 37.3 Å². The third-order valence-electron chi connectivity index (χ3n) is 3.24. The Labute approximate surface area is 107 Å². The van der Waals surface area contributed by atoms with Gasteiger partial charge in [-0.05, 0) is 41.7 Å². The molecule has 0 saturated heterocycles. The van der Waals surface area contributed by atoms with E-state index in [-0.39, 0.29) is 0 Å². The zero-order valence-electron chi connectivity index (χ0n) is 10.6. The third kappa shape index (κ3) is 2.28. The number of carboxylic acids is 1. The van der Waals surface area contributed by atoms with E-state index in [1.54, 1.807) is 12.1 Å². The van der Waals surface area contributed by atoms with E-state index in [2.05, 4.69) is 19.1 Å². The van der Waals surface area contributed by atoms with Crippen molar-refractivity contribution < 1.29 is 9.90 Å². The SMILES string of the molecule is CCc1ccc(-c2cccc(C(=O)O)c2C)cc1. The molecule has 0 bridgehead atoms. The second-order valence-corrected chi connectivity index (χ2v) is 4.33. The van der Waals surface area contributed by atoms with E-state index >= 15 is 0 Å². The monoisotopic (exact) mass is 240 g/mol. The van der Waals surface area contributed by atoms with E-state index in [9.17, 15) is 4.79 Å². The molecular formula is C16H16O2. The minimum absolute atomic E-state index is 0.368. The molecule has 92 valence electrons. The molecule has 18 heavy (non-hydrogen) atoms. The Kier molecular flexibility index (Phi) is 3.47. The lowest BCUT2D eigenvalue weighted by atomic mass is 9.95. The number of hydrogen-bond acceptors (Lipinski definition) is 1. The van der Waals surface area contributed by atoms with Crippen molar-refractivity contribution in [3.8, 4) is 11.1 Å². The van der Waals surface area contributed by atoms with Crippen molar-refractivity contribution in [3.05, 3.63) is 59.2 Å². The van der Waals surface area contributed by atoms with Crippen molar-refractivity contribution in [1.82, 2.24) is 0 Å². The van der Waals surface area contributed by atoms with Crippen LogP contribution in [-0.2, 0) is 6.42 Å². The largest absolute Gasteiger partial charge is 0.478 e. The number of rotatable bonds is 3. The van der Waals surface area contributed by atoms with Gasteiger partial charge in [-0.15, -0.1) is 0 Å². The highest BCUT2D eigenvalue weighted by Crippen LogP contribution is 2.26. The van der Waals surface area contributed by atoms with Crippen molar-refractivity contribution in [2.75, 3.05) is 0 Å². The van der Waals surface area contributed by atoms with Crippen LogP contribution in [0.3, 0.4) is 0 Å². The fraction of sp³-hybridized carbons (Fsp3) is 0.188. The molecule has 2 rings (SSSR count). The first-order valence-electron chi connectivity index (χ1n) is 6.05. The van der Waals surface area contributed by atoms with Gasteiger partial charge in [-0.25, -0.2) is 4.79 Å². The second kappa shape index (κ2) is 5.05. The summed E-state index contributed by atoms with van der Waals surface area (Å²) in [6.45, 7) is 3.97. The van der Waals surface area contributed by atoms with Crippen LogP contribution in [0.1, 0.15) is 28.4 Å². The minimum Gasteiger partial charge on any atom is -0.478 e. The van der Waals surface area contributed by atoms with E-state index < -0.39 is 5.97 Å². The Morgan fingerprint density at radius 2 is 1.78 bits per heavy atom. The zero-order valence-corrected chi connectivity index (χ0v) is 10.6. The first-order valence-corrected chi connectivity index (χ1v) is 6.05. The summed E-state index contributed by atoms with van der Waals surface area (Å²) in [6, 6.07) is 13.7. The second-order valence-electron chi connectivity index (χ2n) is 4.33. The van der Waals surface area contributed by atoms with E-state index in [1.807, 2.05) is 25.1 Å². The molecule has 0 atom stereocenters. The van der Waals surface area contributed by atoms with Gasteiger partial charge in [0.25, 0.3) is 0 Å². The van der Waals surface area contributed by atoms with Crippen LogP contribution in [0.4, 0.5) is 0 Å². The van der Waals surface area contributed by atoms with Crippen molar-refractivity contribution in [2.24, 2.45) is 0 Å². The van der Waals surface area contributed by atoms with Crippen LogP contribution in [0.15, 0.2) is 42.5 Å². The smallest absolute Gasteiger partial charge is 0.335 e. The van der Waals surface area contributed by atoms with Crippen LogP contribution in [0.5, 0.6) is 0 Å². The van der Waals surface area contributed by atoms with Crippen LogP contribution >= 0.6 is 0 Å². The number of carboxylic acid groups (broad SMARTS) is 1. The van der Waals surface area contributed by atoms with Crippen LogP contribution in [-0.4, -0.2) is 11.1 Å². The normalized spacial score (nSPS) is 10.3. The standard InChI is InChI=1S/C16H16O2/c1-3-12-7-9-13(10-8-12)14-5-4-6-15(11(14)2)16(17)18/h4-10H,3H2,1-2H3,(H,17,18). The Hall–Kier alpha value is -2.09. The maximum atomic E-state index is 11.1. The van der Waals surface area contributed by atoms with Crippen LogP contribution in [0, 0.1) is 6.92 Å². The summed E-state index contributed by atoms with van der Waals surface area (Å²) < 4.78 is 0. The quantitative estimate of drug-likeness (QED) is 0.882. The molecule has 2 heteroatoms. The van der Waals surface area contributed by atoms with Crippen molar-refractivity contribution in [1.29, 1.82) is 0 Å². The summed E-state index contributed by atoms with van der Waals surface area (Å²) in [4.78, 5) is 11.1. The molecule has 0 heterocycles. The van der Waals surface area contributed by atoms with Gasteiger partial charge in [-0.3, -0.25) is 0 Å². The van der Waals surface area contributed by atoms with Gasteiger partial charge in [-0.2, -0.15) is 0 Å². The molecule has 0 aromatic heterocycles. The van der Waals surface area contributed by atoms with Gasteiger partial charge in [0, 0.05) is 0 Å². The zero-order chi connectivity index (χ0) is 13.1. The van der Waals surface area contributed by atoms with Crippen molar-refractivity contribution in [2.45, 2.75) is 20.3 Å². The Balaban J connectivity index is 2.50. The van der Waals surface area contributed by atoms with E-state index in [0.717, 1.165) is 23.1 Å². The molecule has 0 amide bonds. The van der Waals surface area contributed by atoms with Crippen molar-refractivity contribution in [3.63, 3.8) is 0 Å². The molecular weight excluding hydrogens is 224 g/mol. The lowest BCUT2D eigenvalue weighted by molar-refractivity contribution is 0.0696. The molecule has 0 aliphatic heterocycles. The highest BCUT2D eigenvalue weighted by molar-refractivity contribution is 5.92. The molecule has 0 radical (unpaired) electrons. The summed E-state index contributed by atoms with van der Waals surface area (Å²) in [7, 11) is 0. The molecule has 0 aliphatic carbocycles. The molecule has 0 saturated carbocycles. The average molecular weight is 240 g/mol. The van der Waals surface area contributed by atoms with Gasteiger partial charge in [0.05, 0.1) is 5.56 Å². The summed E-state index contributed by atoms with van der Waals surface area (Å²) in [5.74, 6) is -0.875. The van der Waals surface area contributed by atoms with E-state index in [1.165, 1.54) is 5.56 Å². The lowest BCUT2D eigenvalue weighted by Gasteiger charge is -2.09. The number of carbonyl (C=O) groups is 1. The fourth-order valence-electron chi connectivity index (χ4n) is 2.10. The van der Waals surface area contributed by atoms with Crippen molar-refractivity contribution >= 4 is 5.97 Å². The predicted octanol–water partition coefficient (Wildman–Crippen LogP) is 3.92. The summed E-state index contributed by atoms with van der Waals surface area (Å²) in [5, 5.41) is 9.12.